The summed E-state index contributed by atoms with van der Waals surface area (Å²) in [7, 11) is 0. The van der Waals surface area contributed by atoms with Gasteiger partial charge in [-0.3, -0.25) is 9.59 Å². The fraction of sp³-hybridized carbons (Fsp3) is 0.500. The number of carboxylic acids is 2. The standard InChI is InChI=1S/C6H9NO4/c1-2-6(3-7,4(8)9)5(10)11/h3,7H,2H2,1H3,(H,8,9)(H,10,11). The minimum Gasteiger partial charge on any atom is -0.480 e. The lowest BCUT2D eigenvalue weighted by Crippen LogP contribution is -2.39. The largest absolute Gasteiger partial charge is 0.480 e. The highest BCUT2D eigenvalue weighted by molar-refractivity contribution is 6.12. The van der Waals surface area contributed by atoms with E-state index in [-0.39, 0.29) is 6.42 Å². The maximum Gasteiger partial charge on any atom is 0.326 e. The van der Waals surface area contributed by atoms with Gasteiger partial charge in [0.05, 0.1) is 0 Å². The molecule has 0 rings (SSSR count). The van der Waals surface area contributed by atoms with E-state index in [1.807, 2.05) is 0 Å². The number of nitrogens with one attached hydrogen (secondary N) is 1. The maximum atomic E-state index is 10.4. The molecule has 0 aliphatic rings. The number of hydrogen-bond donors (Lipinski definition) is 3. The van der Waals surface area contributed by atoms with E-state index in [9.17, 15) is 9.59 Å². The van der Waals surface area contributed by atoms with E-state index in [0.717, 1.165) is 0 Å². The van der Waals surface area contributed by atoms with Crippen LogP contribution in [0.1, 0.15) is 13.3 Å². The molecule has 0 aromatic carbocycles. The molecule has 0 saturated carbocycles. The molecular weight excluding hydrogens is 150 g/mol. The van der Waals surface area contributed by atoms with Crippen molar-refractivity contribution in [2.45, 2.75) is 13.3 Å². The van der Waals surface area contributed by atoms with Crippen molar-refractivity contribution in [1.82, 2.24) is 0 Å². The first-order valence-electron chi connectivity index (χ1n) is 2.99. The van der Waals surface area contributed by atoms with Gasteiger partial charge in [0.2, 0.25) is 0 Å². The summed E-state index contributed by atoms with van der Waals surface area (Å²) in [5.41, 5.74) is -2.04. The van der Waals surface area contributed by atoms with Crippen LogP contribution in [-0.4, -0.2) is 28.4 Å². The van der Waals surface area contributed by atoms with Gasteiger partial charge in [-0.2, -0.15) is 0 Å². The van der Waals surface area contributed by atoms with E-state index in [1.54, 1.807) is 0 Å². The highest BCUT2D eigenvalue weighted by atomic mass is 16.4. The van der Waals surface area contributed by atoms with Gasteiger partial charge < -0.3 is 15.6 Å². The monoisotopic (exact) mass is 159 g/mol. The van der Waals surface area contributed by atoms with Crippen molar-refractivity contribution >= 4 is 18.2 Å². The molecule has 0 saturated heterocycles. The summed E-state index contributed by atoms with van der Waals surface area (Å²) < 4.78 is 0. The smallest absolute Gasteiger partial charge is 0.326 e. The van der Waals surface area contributed by atoms with E-state index in [1.165, 1.54) is 6.92 Å². The lowest BCUT2D eigenvalue weighted by atomic mass is 9.87. The van der Waals surface area contributed by atoms with E-state index in [0.29, 0.717) is 6.21 Å². The Morgan fingerprint density at radius 2 is 1.82 bits per heavy atom. The van der Waals surface area contributed by atoms with Crippen LogP contribution in [0, 0.1) is 10.8 Å². The fourth-order valence-corrected chi connectivity index (χ4v) is 0.619. The first-order valence-corrected chi connectivity index (χ1v) is 2.99. The average molecular weight is 159 g/mol. The van der Waals surface area contributed by atoms with Crippen LogP contribution in [0.25, 0.3) is 0 Å². The molecule has 3 N–H and O–H groups in total. The van der Waals surface area contributed by atoms with E-state index < -0.39 is 17.4 Å². The molecule has 0 unspecified atom stereocenters. The number of carbonyl (C=O) groups is 2. The van der Waals surface area contributed by atoms with Gasteiger partial charge in [-0.1, -0.05) is 6.92 Å². The van der Waals surface area contributed by atoms with Gasteiger partial charge in [0, 0.05) is 6.21 Å². The zero-order chi connectivity index (χ0) is 9.07. The first kappa shape index (κ1) is 9.61. The Labute approximate surface area is 63.2 Å². The second kappa shape index (κ2) is 3.14. The molecule has 0 bridgehead atoms. The topological polar surface area (TPSA) is 98.5 Å². The molecule has 0 aliphatic carbocycles. The maximum absolute atomic E-state index is 10.4. The van der Waals surface area contributed by atoms with Crippen molar-refractivity contribution in [2.24, 2.45) is 5.41 Å². The summed E-state index contributed by atoms with van der Waals surface area (Å²) in [5, 5.41) is 23.6. The van der Waals surface area contributed by atoms with Crippen molar-refractivity contribution < 1.29 is 19.8 Å². The third-order valence-electron chi connectivity index (χ3n) is 1.57. The van der Waals surface area contributed by atoms with Crippen LogP contribution in [0.15, 0.2) is 0 Å². The predicted octanol–water partition coefficient (Wildman–Crippen LogP) is 0.202. The molecule has 0 aliphatic heterocycles. The third kappa shape index (κ3) is 1.36. The zero-order valence-corrected chi connectivity index (χ0v) is 6.00. The Bertz CT molecular complexity index is 185. The fourth-order valence-electron chi connectivity index (χ4n) is 0.619. The van der Waals surface area contributed by atoms with Crippen molar-refractivity contribution in [2.75, 3.05) is 0 Å². The SMILES string of the molecule is CCC(C=N)(C(=O)O)C(=O)O. The average Bonchev–Trinajstić information content (AvgIpc) is 1.90. The summed E-state index contributed by atoms with van der Waals surface area (Å²) in [4.78, 5) is 20.8. The van der Waals surface area contributed by atoms with Gasteiger partial charge in [-0.05, 0) is 6.42 Å². The number of rotatable bonds is 4. The molecule has 0 aromatic rings. The van der Waals surface area contributed by atoms with Gasteiger partial charge in [-0.15, -0.1) is 0 Å². The van der Waals surface area contributed by atoms with Crippen LogP contribution in [-0.2, 0) is 9.59 Å². The summed E-state index contributed by atoms with van der Waals surface area (Å²) in [6.07, 6.45) is 0.318. The first-order chi connectivity index (χ1) is 5.01. The van der Waals surface area contributed by atoms with Crippen molar-refractivity contribution in [3.8, 4) is 0 Å². The Kier molecular flexibility index (Phi) is 2.74. The summed E-state index contributed by atoms with van der Waals surface area (Å²) in [6, 6.07) is 0. The number of hydrogen-bond acceptors (Lipinski definition) is 3. The van der Waals surface area contributed by atoms with Gasteiger partial charge in [0.15, 0.2) is 5.41 Å². The Hall–Kier alpha value is -1.39. The normalized spacial score (nSPS) is 10.6. The molecule has 0 atom stereocenters. The van der Waals surface area contributed by atoms with Gasteiger partial charge >= 0.3 is 11.9 Å². The molecule has 0 spiro atoms. The molecule has 0 aromatic heterocycles. The van der Waals surface area contributed by atoms with Crippen molar-refractivity contribution in [1.29, 1.82) is 5.41 Å². The summed E-state index contributed by atoms with van der Waals surface area (Å²) >= 11 is 0. The van der Waals surface area contributed by atoms with Crippen LogP contribution >= 0.6 is 0 Å². The van der Waals surface area contributed by atoms with E-state index in [2.05, 4.69) is 0 Å². The molecule has 0 fully saturated rings. The van der Waals surface area contributed by atoms with Gasteiger partial charge in [0.25, 0.3) is 0 Å². The van der Waals surface area contributed by atoms with Crippen molar-refractivity contribution in [3.05, 3.63) is 0 Å². The zero-order valence-electron chi connectivity index (χ0n) is 6.00. The van der Waals surface area contributed by atoms with Crippen LogP contribution in [0.2, 0.25) is 0 Å². The predicted molar refractivity (Wildman–Crippen MR) is 36.8 cm³/mol. The minimum absolute atomic E-state index is 0.124. The second-order valence-electron chi connectivity index (χ2n) is 2.08. The molecule has 5 nitrogen and oxygen atoms in total. The lowest BCUT2D eigenvalue weighted by Gasteiger charge is -2.16. The molecule has 11 heavy (non-hydrogen) atoms. The third-order valence-corrected chi connectivity index (χ3v) is 1.57. The number of aliphatic carboxylic acids is 2. The molecule has 0 heterocycles. The van der Waals surface area contributed by atoms with Crippen LogP contribution in [0.3, 0.4) is 0 Å². The highest BCUT2D eigenvalue weighted by Gasteiger charge is 2.42. The lowest BCUT2D eigenvalue weighted by molar-refractivity contribution is -0.158. The minimum atomic E-state index is -2.04. The van der Waals surface area contributed by atoms with Gasteiger partial charge in [-0.25, -0.2) is 0 Å². The van der Waals surface area contributed by atoms with Crippen LogP contribution in [0.4, 0.5) is 0 Å². The van der Waals surface area contributed by atoms with Crippen LogP contribution < -0.4 is 0 Å². The van der Waals surface area contributed by atoms with E-state index in [4.69, 9.17) is 15.6 Å². The Morgan fingerprint density at radius 3 is 1.82 bits per heavy atom. The summed E-state index contributed by atoms with van der Waals surface area (Å²) in [5.74, 6) is -3.00. The Balaban J connectivity index is 4.91. The second-order valence-corrected chi connectivity index (χ2v) is 2.08. The molecule has 5 heteroatoms. The molecule has 0 radical (unpaired) electrons. The molecule has 62 valence electrons. The van der Waals surface area contributed by atoms with Crippen molar-refractivity contribution in [3.63, 3.8) is 0 Å². The van der Waals surface area contributed by atoms with Crippen LogP contribution in [0.5, 0.6) is 0 Å². The molecule has 0 amide bonds. The van der Waals surface area contributed by atoms with E-state index >= 15 is 0 Å². The van der Waals surface area contributed by atoms with Gasteiger partial charge in [0.1, 0.15) is 0 Å². The Morgan fingerprint density at radius 1 is 1.45 bits per heavy atom. The molecular formula is C6H9NO4. The highest BCUT2D eigenvalue weighted by Crippen LogP contribution is 2.19. The quantitative estimate of drug-likeness (QED) is 0.403. The summed E-state index contributed by atoms with van der Waals surface area (Å²) in [6.45, 7) is 1.41. The number of carboxylic acid groups (broad SMARTS) is 2.